The number of fused-ring (bicyclic) bond motifs is 2. The van der Waals surface area contributed by atoms with Gasteiger partial charge in [0, 0.05) is 11.6 Å². The van der Waals surface area contributed by atoms with Gasteiger partial charge in [0.05, 0.1) is 17.2 Å². The Labute approximate surface area is 239 Å². The Bertz CT molecular complexity index is 1360. The standard InChI is InChI=1S/C33H41NO5Si/c1-10-26-24-17-14-18-28(39-40(8,9)33(5,6)7)29(24)25-20-19-23(37-30(35)32(2,3)4)21-27(25)34(26)31(36)38-22-15-12-11-13-16-22/h1,11-13,15-16,19-21,26,28H,14,17-18H2,2-9H3. The third-order valence-electron chi connectivity index (χ3n) is 8.06. The smallest absolute Gasteiger partial charge is 0.421 e. The van der Waals surface area contributed by atoms with Gasteiger partial charge in [-0.2, -0.15) is 0 Å². The fraction of sp³-hybridized carbons (Fsp3) is 0.455. The topological polar surface area (TPSA) is 65.1 Å². The molecule has 1 aliphatic carbocycles. The highest BCUT2D eigenvalue weighted by Crippen LogP contribution is 2.49. The average Bonchev–Trinajstić information content (AvgIpc) is 2.86. The summed E-state index contributed by atoms with van der Waals surface area (Å²) in [5.74, 6) is 3.27. The number of carbonyl (C=O) groups excluding carboxylic acids is 2. The molecular weight excluding hydrogens is 518 g/mol. The summed E-state index contributed by atoms with van der Waals surface area (Å²) in [5, 5.41) is 0.0325. The summed E-state index contributed by atoms with van der Waals surface area (Å²) in [4.78, 5) is 28.0. The molecule has 2 aromatic rings. The molecule has 2 atom stereocenters. The maximum absolute atomic E-state index is 13.8. The summed E-state index contributed by atoms with van der Waals surface area (Å²) in [6.07, 6.45) is 7.97. The minimum Gasteiger partial charge on any atom is -0.426 e. The maximum Gasteiger partial charge on any atom is 0.421 e. The molecule has 4 rings (SSSR count). The first kappa shape index (κ1) is 29.6. The van der Waals surface area contributed by atoms with E-state index in [2.05, 4.69) is 39.8 Å². The normalized spacial score (nSPS) is 19.3. The van der Waals surface area contributed by atoms with E-state index in [0.717, 1.165) is 36.0 Å². The van der Waals surface area contributed by atoms with E-state index in [4.69, 9.17) is 20.3 Å². The van der Waals surface area contributed by atoms with Gasteiger partial charge >= 0.3 is 12.1 Å². The molecule has 1 heterocycles. The van der Waals surface area contributed by atoms with Crippen LogP contribution in [0.15, 0.2) is 54.1 Å². The van der Waals surface area contributed by atoms with Crippen molar-refractivity contribution in [2.75, 3.05) is 4.90 Å². The molecule has 0 fully saturated rings. The summed E-state index contributed by atoms with van der Waals surface area (Å²) < 4.78 is 18.5. The molecule has 40 heavy (non-hydrogen) atoms. The summed E-state index contributed by atoms with van der Waals surface area (Å²) in [7, 11) is -2.13. The summed E-state index contributed by atoms with van der Waals surface area (Å²) >= 11 is 0. The van der Waals surface area contributed by atoms with Gasteiger partial charge in [-0.25, -0.2) is 4.79 Å². The number of nitrogens with zero attached hydrogens (tertiary/aromatic N) is 1. The van der Waals surface area contributed by atoms with Crippen molar-refractivity contribution >= 4 is 31.6 Å². The fourth-order valence-electron chi connectivity index (χ4n) is 4.82. The second-order valence-electron chi connectivity index (χ2n) is 13.1. The molecule has 0 radical (unpaired) electrons. The predicted molar refractivity (Wildman–Crippen MR) is 162 cm³/mol. The number of benzene rings is 2. The van der Waals surface area contributed by atoms with Crippen LogP contribution in [-0.4, -0.2) is 32.5 Å². The average molecular weight is 560 g/mol. The minimum absolute atomic E-state index is 0.0325. The predicted octanol–water partition coefficient (Wildman–Crippen LogP) is 7.99. The van der Waals surface area contributed by atoms with Crippen molar-refractivity contribution in [1.82, 2.24) is 0 Å². The molecule has 6 nitrogen and oxygen atoms in total. The van der Waals surface area contributed by atoms with Gasteiger partial charge in [0.2, 0.25) is 0 Å². The molecule has 0 saturated heterocycles. The van der Waals surface area contributed by atoms with Crippen LogP contribution in [0.2, 0.25) is 18.1 Å². The van der Waals surface area contributed by atoms with Crippen LogP contribution in [0.25, 0.3) is 5.57 Å². The van der Waals surface area contributed by atoms with Crippen molar-refractivity contribution in [3.05, 3.63) is 59.7 Å². The van der Waals surface area contributed by atoms with Gasteiger partial charge in [0.15, 0.2) is 8.32 Å². The van der Waals surface area contributed by atoms with E-state index in [9.17, 15) is 9.59 Å². The number of anilines is 1. The molecular formula is C33H41NO5Si. The van der Waals surface area contributed by atoms with Crippen molar-refractivity contribution < 1.29 is 23.5 Å². The fourth-order valence-corrected chi connectivity index (χ4v) is 6.12. The van der Waals surface area contributed by atoms with E-state index in [1.807, 2.05) is 12.1 Å². The number of rotatable bonds is 4. The Morgan fingerprint density at radius 1 is 0.975 bits per heavy atom. The SMILES string of the molecule is C#CC1C2=C(c3ccc(OC(=O)C(C)(C)C)cc3N1C(=O)Oc1ccccc1)C(O[Si](C)(C)C(C)(C)C)CCC2. The number of hydrogen-bond acceptors (Lipinski definition) is 5. The van der Waals surface area contributed by atoms with Crippen LogP contribution in [0.1, 0.15) is 66.4 Å². The summed E-state index contributed by atoms with van der Waals surface area (Å²) in [6, 6.07) is 13.7. The van der Waals surface area contributed by atoms with E-state index in [1.165, 1.54) is 4.90 Å². The summed E-state index contributed by atoms with van der Waals surface area (Å²) in [6.45, 7) is 16.6. The van der Waals surface area contributed by atoms with Crippen molar-refractivity contribution in [1.29, 1.82) is 0 Å². The minimum atomic E-state index is -2.13. The molecule has 0 bridgehead atoms. The first-order chi connectivity index (χ1) is 18.6. The number of terminal acetylenes is 1. The number of esters is 1. The van der Waals surface area contributed by atoms with Crippen LogP contribution in [0.4, 0.5) is 10.5 Å². The highest BCUT2D eigenvalue weighted by atomic mass is 28.4. The lowest BCUT2D eigenvalue weighted by Crippen LogP contribution is -2.49. The third kappa shape index (κ3) is 5.89. The molecule has 2 unspecified atom stereocenters. The zero-order chi connectivity index (χ0) is 29.5. The monoisotopic (exact) mass is 559 g/mol. The molecule has 212 valence electrons. The van der Waals surface area contributed by atoms with Gasteiger partial charge in [-0.3, -0.25) is 9.69 Å². The van der Waals surface area contributed by atoms with Crippen LogP contribution in [0.3, 0.4) is 0 Å². The lowest BCUT2D eigenvalue weighted by molar-refractivity contribution is -0.142. The Morgan fingerprint density at radius 2 is 1.65 bits per heavy atom. The lowest BCUT2D eigenvalue weighted by atomic mass is 9.78. The number of ether oxygens (including phenoxy) is 2. The Kier molecular flexibility index (Phi) is 8.08. The zero-order valence-corrected chi connectivity index (χ0v) is 26.0. The molecule has 2 aliphatic rings. The van der Waals surface area contributed by atoms with Crippen LogP contribution < -0.4 is 14.4 Å². The van der Waals surface area contributed by atoms with Crippen molar-refractivity contribution in [3.63, 3.8) is 0 Å². The second kappa shape index (κ2) is 10.9. The Morgan fingerprint density at radius 3 is 2.25 bits per heavy atom. The van der Waals surface area contributed by atoms with E-state index in [1.54, 1.807) is 57.2 Å². The quantitative estimate of drug-likeness (QED) is 0.164. The molecule has 0 N–H and O–H groups in total. The van der Waals surface area contributed by atoms with Gasteiger partial charge < -0.3 is 13.9 Å². The van der Waals surface area contributed by atoms with E-state index < -0.39 is 25.9 Å². The van der Waals surface area contributed by atoms with Crippen molar-refractivity contribution in [2.24, 2.45) is 5.41 Å². The van der Waals surface area contributed by atoms with Gasteiger partial charge in [-0.1, -0.05) is 44.9 Å². The van der Waals surface area contributed by atoms with E-state index in [0.29, 0.717) is 17.2 Å². The molecule has 2 aromatic carbocycles. The molecule has 7 heteroatoms. The highest BCUT2D eigenvalue weighted by Gasteiger charge is 2.45. The van der Waals surface area contributed by atoms with E-state index >= 15 is 0 Å². The molecule has 1 amide bonds. The largest absolute Gasteiger partial charge is 0.426 e. The van der Waals surface area contributed by atoms with E-state index in [-0.39, 0.29) is 17.1 Å². The molecule has 0 saturated carbocycles. The van der Waals surface area contributed by atoms with Gasteiger partial charge in [0.1, 0.15) is 17.5 Å². The first-order valence-electron chi connectivity index (χ1n) is 13.9. The van der Waals surface area contributed by atoms with Gasteiger partial charge in [-0.15, -0.1) is 6.42 Å². The van der Waals surface area contributed by atoms with Crippen LogP contribution in [-0.2, 0) is 9.22 Å². The van der Waals surface area contributed by atoms with Gasteiger partial charge in [0.25, 0.3) is 0 Å². The van der Waals surface area contributed by atoms with Crippen molar-refractivity contribution in [2.45, 2.75) is 91.1 Å². The highest BCUT2D eigenvalue weighted by molar-refractivity contribution is 6.74. The number of hydrogen-bond donors (Lipinski definition) is 0. The maximum atomic E-state index is 13.8. The Hall–Kier alpha value is -3.34. The number of carbonyl (C=O) groups is 2. The second-order valence-corrected chi connectivity index (χ2v) is 17.9. The molecule has 1 aliphatic heterocycles. The molecule has 0 aromatic heterocycles. The number of para-hydroxylation sites is 1. The Balaban J connectivity index is 1.85. The molecule has 0 spiro atoms. The zero-order valence-electron chi connectivity index (χ0n) is 25.0. The van der Waals surface area contributed by atoms with Crippen molar-refractivity contribution in [3.8, 4) is 23.8 Å². The number of amides is 1. The van der Waals surface area contributed by atoms with Crippen LogP contribution >= 0.6 is 0 Å². The third-order valence-corrected chi connectivity index (χ3v) is 12.5. The first-order valence-corrected chi connectivity index (χ1v) is 16.8. The lowest BCUT2D eigenvalue weighted by Gasteiger charge is -2.45. The van der Waals surface area contributed by atoms with Crippen LogP contribution in [0, 0.1) is 17.8 Å². The summed E-state index contributed by atoms with van der Waals surface area (Å²) in [5.41, 5.74) is 2.77. The van der Waals surface area contributed by atoms with Crippen LogP contribution in [0.5, 0.6) is 11.5 Å². The van der Waals surface area contributed by atoms with Gasteiger partial charge in [-0.05, 0) is 93.6 Å².